The highest BCUT2D eigenvalue weighted by Crippen LogP contribution is 2.30. The van der Waals surface area contributed by atoms with Gasteiger partial charge in [0.25, 0.3) is 0 Å². The van der Waals surface area contributed by atoms with Gasteiger partial charge < -0.3 is 15.2 Å². The van der Waals surface area contributed by atoms with Crippen molar-refractivity contribution in [3.05, 3.63) is 35.9 Å². The van der Waals surface area contributed by atoms with Gasteiger partial charge in [-0.15, -0.1) is 0 Å². The van der Waals surface area contributed by atoms with Crippen LogP contribution in [0.25, 0.3) is 0 Å². The Kier molecular flexibility index (Phi) is 6.20. The van der Waals surface area contributed by atoms with E-state index < -0.39 is 11.6 Å². The number of amides is 2. The minimum Gasteiger partial charge on any atom is -0.445 e. The van der Waals surface area contributed by atoms with E-state index in [0.29, 0.717) is 19.4 Å². The number of nitrogens with one attached hydrogen (secondary N) is 1. The summed E-state index contributed by atoms with van der Waals surface area (Å²) in [5.74, 6) is -0.238. The molecule has 2 N–H and O–H groups in total. The van der Waals surface area contributed by atoms with Gasteiger partial charge in [-0.25, -0.2) is 4.79 Å². The van der Waals surface area contributed by atoms with Crippen molar-refractivity contribution in [2.75, 3.05) is 13.2 Å². The molecule has 0 spiro atoms. The topological polar surface area (TPSA) is 78.9 Å². The Labute approximate surface area is 142 Å². The zero-order chi connectivity index (χ0) is 17.6. The number of aliphatic hydroxyl groups excluding tert-OH is 1. The third kappa shape index (κ3) is 4.06. The van der Waals surface area contributed by atoms with E-state index in [1.165, 1.54) is 4.90 Å². The lowest BCUT2D eigenvalue weighted by Crippen LogP contribution is -2.57. The minimum absolute atomic E-state index is 0.114. The Balaban J connectivity index is 1.99. The van der Waals surface area contributed by atoms with Crippen molar-refractivity contribution >= 4 is 12.0 Å². The molecule has 2 rings (SSSR count). The summed E-state index contributed by atoms with van der Waals surface area (Å²) in [6.45, 7) is 4.21. The summed E-state index contributed by atoms with van der Waals surface area (Å²) in [5.41, 5.74) is -0.0290. The van der Waals surface area contributed by atoms with Crippen LogP contribution in [0.2, 0.25) is 0 Å². The van der Waals surface area contributed by atoms with Gasteiger partial charge in [-0.3, -0.25) is 9.69 Å². The number of nitrogens with zero attached hydrogens (tertiary/aromatic N) is 1. The Morgan fingerprint density at radius 2 is 2.08 bits per heavy atom. The summed E-state index contributed by atoms with van der Waals surface area (Å²) in [6.07, 6.45) is 1.49. The number of aliphatic hydroxyl groups is 1. The molecule has 0 bridgehead atoms. The van der Waals surface area contributed by atoms with Crippen LogP contribution in [-0.2, 0) is 16.1 Å². The highest BCUT2D eigenvalue weighted by Gasteiger charge is 2.46. The molecule has 1 heterocycles. The third-order valence-electron chi connectivity index (χ3n) is 4.60. The average molecular weight is 334 g/mol. The summed E-state index contributed by atoms with van der Waals surface area (Å²) in [4.78, 5) is 26.5. The van der Waals surface area contributed by atoms with E-state index >= 15 is 0 Å². The predicted molar refractivity (Wildman–Crippen MR) is 90.3 cm³/mol. The van der Waals surface area contributed by atoms with Crippen LogP contribution >= 0.6 is 0 Å². The van der Waals surface area contributed by atoms with E-state index in [-0.39, 0.29) is 25.2 Å². The van der Waals surface area contributed by atoms with Gasteiger partial charge in [-0.1, -0.05) is 37.3 Å². The smallest absolute Gasteiger partial charge is 0.410 e. The molecule has 2 unspecified atom stereocenters. The van der Waals surface area contributed by atoms with Crippen LogP contribution in [0.4, 0.5) is 4.79 Å². The third-order valence-corrected chi connectivity index (χ3v) is 4.60. The highest BCUT2D eigenvalue weighted by molar-refractivity contribution is 5.90. The fraction of sp³-hybridized carbons (Fsp3) is 0.556. The van der Waals surface area contributed by atoms with E-state index in [9.17, 15) is 14.7 Å². The minimum atomic E-state index is -0.934. The van der Waals surface area contributed by atoms with Gasteiger partial charge in [-0.05, 0) is 31.7 Å². The number of rotatable bonds is 6. The Hall–Kier alpha value is -2.08. The number of hydrogen-bond donors (Lipinski definition) is 2. The van der Waals surface area contributed by atoms with Gasteiger partial charge in [0.15, 0.2) is 0 Å². The molecule has 132 valence electrons. The van der Waals surface area contributed by atoms with Crippen molar-refractivity contribution in [1.82, 2.24) is 10.2 Å². The monoisotopic (exact) mass is 334 g/mol. The van der Waals surface area contributed by atoms with Gasteiger partial charge in [0.1, 0.15) is 12.1 Å². The quantitative estimate of drug-likeness (QED) is 0.835. The molecule has 0 saturated carbocycles. The first kappa shape index (κ1) is 18.3. The maximum absolute atomic E-state index is 12.6. The fourth-order valence-corrected chi connectivity index (χ4v) is 2.91. The van der Waals surface area contributed by atoms with Crippen molar-refractivity contribution < 1.29 is 19.4 Å². The fourth-order valence-electron chi connectivity index (χ4n) is 2.91. The zero-order valence-corrected chi connectivity index (χ0v) is 14.3. The first-order valence-electron chi connectivity index (χ1n) is 8.41. The van der Waals surface area contributed by atoms with Crippen LogP contribution in [-0.4, -0.2) is 46.7 Å². The number of likely N-dealkylation sites (tertiary alicyclic amines) is 1. The summed E-state index contributed by atoms with van der Waals surface area (Å²) in [7, 11) is 0. The van der Waals surface area contributed by atoms with Crippen molar-refractivity contribution in [2.45, 2.75) is 51.3 Å². The molecule has 24 heavy (non-hydrogen) atoms. The summed E-state index contributed by atoms with van der Waals surface area (Å²) < 4.78 is 5.37. The summed E-state index contributed by atoms with van der Waals surface area (Å²) >= 11 is 0. The molecule has 6 heteroatoms. The predicted octanol–water partition coefficient (Wildman–Crippen LogP) is 2.06. The molecule has 1 aliphatic rings. The van der Waals surface area contributed by atoms with E-state index in [4.69, 9.17) is 4.74 Å². The van der Waals surface area contributed by atoms with E-state index in [1.54, 1.807) is 6.92 Å². The first-order valence-corrected chi connectivity index (χ1v) is 8.41. The van der Waals surface area contributed by atoms with E-state index in [2.05, 4.69) is 5.32 Å². The Bertz CT molecular complexity index is 559. The van der Waals surface area contributed by atoms with Crippen molar-refractivity contribution in [3.63, 3.8) is 0 Å². The molecule has 1 fully saturated rings. The summed E-state index contributed by atoms with van der Waals surface area (Å²) in [6, 6.07) is 9.15. The number of hydrogen-bond acceptors (Lipinski definition) is 4. The Morgan fingerprint density at radius 3 is 2.71 bits per heavy atom. The van der Waals surface area contributed by atoms with Crippen molar-refractivity contribution in [3.8, 4) is 0 Å². The molecule has 6 nitrogen and oxygen atoms in total. The molecule has 0 aromatic heterocycles. The lowest BCUT2D eigenvalue weighted by atomic mass is 9.97. The lowest BCUT2D eigenvalue weighted by Gasteiger charge is -2.34. The normalized spacial score (nSPS) is 21.4. The second kappa shape index (κ2) is 8.15. The van der Waals surface area contributed by atoms with Crippen LogP contribution in [0.15, 0.2) is 30.3 Å². The second-order valence-corrected chi connectivity index (χ2v) is 6.33. The number of carbonyl (C=O) groups is 2. The molecule has 2 amide bonds. The van der Waals surface area contributed by atoms with Gasteiger partial charge in [0, 0.05) is 6.54 Å². The van der Waals surface area contributed by atoms with Crippen molar-refractivity contribution in [2.24, 2.45) is 0 Å². The lowest BCUT2D eigenvalue weighted by molar-refractivity contribution is -0.131. The van der Waals surface area contributed by atoms with Gasteiger partial charge in [0.2, 0.25) is 5.91 Å². The molecule has 1 aromatic carbocycles. The zero-order valence-electron chi connectivity index (χ0n) is 14.3. The van der Waals surface area contributed by atoms with E-state index in [1.807, 2.05) is 37.3 Å². The number of carbonyl (C=O) groups excluding carboxylic acids is 2. The average Bonchev–Trinajstić information content (AvgIpc) is 3.01. The number of benzene rings is 1. The van der Waals surface area contributed by atoms with Crippen LogP contribution in [0.5, 0.6) is 0 Å². The molecule has 2 atom stereocenters. The molecular weight excluding hydrogens is 308 g/mol. The van der Waals surface area contributed by atoms with Crippen LogP contribution in [0.1, 0.15) is 38.7 Å². The van der Waals surface area contributed by atoms with Gasteiger partial charge in [-0.2, -0.15) is 0 Å². The first-order chi connectivity index (χ1) is 11.5. The number of ether oxygens (including phenoxy) is 1. The molecule has 1 aliphatic heterocycles. The van der Waals surface area contributed by atoms with Crippen LogP contribution < -0.4 is 5.32 Å². The molecule has 1 saturated heterocycles. The SMILES string of the molecule is CCC(CO)NC(=O)C1(C)CCCN1C(=O)OCc1ccccc1. The maximum Gasteiger partial charge on any atom is 0.410 e. The van der Waals surface area contributed by atoms with Gasteiger partial charge in [0.05, 0.1) is 12.6 Å². The molecular formula is C18H26N2O4. The summed E-state index contributed by atoms with van der Waals surface area (Å²) in [5, 5.41) is 12.1. The highest BCUT2D eigenvalue weighted by atomic mass is 16.6. The van der Waals surface area contributed by atoms with Crippen molar-refractivity contribution in [1.29, 1.82) is 0 Å². The van der Waals surface area contributed by atoms with E-state index in [0.717, 1.165) is 12.0 Å². The standard InChI is InChI=1S/C18H26N2O4/c1-3-15(12-21)19-16(22)18(2)10-7-11-20(18)17(23)24-13-14-8-5-4-6-9-14/h4-6,8-9,15,21H,3,7,10-13H2,1-2H3,(H,19,22). The van der Waals surface area contributed by atoms with Crippen LogP contribution in [0.3, 0.4) is 0 Å². The molecule has 0 radical (unpaired) electrons. The largest absolute Gasteiger partial charge is 0.445 e. The maximum atomic E-state index is 12.6. The molecule has 1 aromatic rings. The van der Waals surface area contributed by atoms with Gasteiger partial charge >= 0.3 is 6.09 Å². The molecule has 0 aliphatic carbocycles. The Morgan fingerprint density at radius 1 is 1.38 bits per heavy atom. The van der Waals surface area contributed by atoms with Crippen LogP contribution in [0, 0.1) is 0 Å². The second-order valence-electron chi connectivity index (χ2n) is 6.33.